The molecule has 2 fully saturated rings. The molecule has 1 unspecified atom stereocenters. The summed E-state index contributed by atoms with van der Waals surface area (Å²) in [7, 11) is 3.93. The summed E-state index contributed by atoms with van der Waals surface area (Å²) in [6.45, 7) is 11.1. The topological polar surface area (TPSA) is 57.9 Å². The molecule has 2 saturated heterocycles. The number of aliphatic imine (C=N–C) groups is 1. The molecule has 2 aliphatic heterocycles. The van der Waals surface area contributed by atoms with Crippen molar-refractivity contribution in [1.82, 2.24) is 24.9 Å². The predicted molar refractivity (Wildman–Crippen MR) is 105 cm³/mol. The number of morpholine rings is 1. The SMILES string of the molecule is CCc1nn(C)c(CC)c1CNC(=NC)N1CCC(N2CCOCC2)C1. The number of nitrogens with zero attached hydrogens (tertiary/aromatic N) is 5. The van der Waals surface area contributed by atoms with Gasteiger partial charge in [-0.05, 0) is 19.3 Å². The van der Waals surface area contributed by atoms with Gasteiger partial charge in [-0.15, -0.1) is 0 Å². The van der Waals surface area contributed by atoms with Gasteiger partial charge in [0.1, 0.15) is 0 Å². The van der Waals surface area contributed by atoms with Crippen molar-refractivity contribution >= 4 is 5.96 Å². The van der Waals surface area contributed by atoms with E-state index in [0.717, 1.165) is 64.7 Å². The van der Waals surface area contributed by atoms with Crippen molar-refractivity contribution in [2.75, 3.05) is 46.4 Å². The maximum atomic E-state index is 5.49. The van der Waals surface area contributed by atoms with Gasteiger partial charge in [0.15, 0.2) is 5.96 Å². The van der Waals surface area contributed by atoms with E-state index >= 15 is 0 Å². The molecule has 146 valence electrons. The van der Waals surface area contributed by atoms with Gasteiger partial charge in [0.05, 0.1) is 18.9 Å². The molecule has 7 heteroatoms. The van der Waals surface area contributed by atoms with Crippen molar-refractivity contribution in [3.63, 3.8) is 0 Å². The lowest BCUT2D eigenvalue weighted by molar-refractivity contribution is 0.0195. The lowest BCUT2D eigenvalue weighted by Gasteiger charge is -2.32. The minimum Gasteiger partial charge on any atom is -0.379 e. The van der Waals surface area contributed by atoms with Crippen LogP contribution in [0.3, 0.4) is 0 Å². The molecule has 0 aromatic carbocycles. The minimum absolute atomic E-state index is 0.619. The number of likely N-dealkylation sites (tertiary alicyclic amines) is 1. The second-order valence-electron chi connectivity index (χ2n) is 7.14. The first-order valence-electron chi connectivity index (χ1n) is 9.98. The quantitative estimate of drug-likeness (QED) is 0.626. The second kappa shape index (κ2) is 8.86. The number of aryl methyl sites for hydroxylation is 2. The molecule has 2 aliphatic rings. The number of hydrogen-bond acceptors (Lipinski definition) is 4. The summed E-state index contributed by atoms with van der Waals surface area (Å²) < 4.78 is 7.52. The van der Waals surface area contributed by atoms with Crippen LogP contribution in [-0.2, 0) is 31.2 Å². The summed E-state index contributed by atoms with van der Waals surface area (Å²) in [5.74, 6) is 1.01. The van der Waals surface area contributed by atoms with Gasteiger partial charge in [-0.3, -0.25) is 14.6 Å². The molecule has 1 atom stereocenters. The molecule has 1 N–H and O–H groups in total. The van der Waals surface area contributed by atoms with E-state index in [1.165, 1.54) is 23.4 Å². The first-order chi connectivity index (χ1) is 12.7. The third-order valence-electron chi connectivity index (χ3n) is 5.69. The standard InChI is InChI=1S/C19H34N6O/c1-5-17-16(18(6-2)23(4)22-17)13-21-19(20-3)25-8-7-15(14-25)24-9-11-26-12-10-24/h15H,5-14H2,1-4H3,(H,20,21). The molecule has 3 heterocycles. The van der Waals surface area contributed by atoms with Crippen LogP contribution in [0.15, 0.2) is 4.99 Å². The van der Waals surface area contributed by atoms with E-state index in [1.54, 1.807) is 0 Å². The van der Waals surface area contributed by atoms with Crippen LogP contribution in [0.25, 0.3) is 0 Å². The van der Waals surface area contributed by atoms with Gasteiger partial charge in [0, 0.05) is 64.1 Å². The van der Waals surface area contributed by atoms with Crippen molar-refractivity contribution < 1.29 is 4.74 Å². The molecular formula is C19H34N6O. The Morgan fingerprint density at radius 2 is 2.00 bits per heavy atom. The number of hydrogen-bond donors (Lipinski definition) is 1. The molecule has 0 spiro atoms. The summed E-state index contributed by atoms with van der Waals surface area (Å²) in [5, 5.41) is 8.27. The largest absolute Gasteiger partial charge is 0.379 e. The van der Waals surface area contributed by atoms with Gasteiger partial charge in [-0.25, -0.2) is 0 Å². The average molecular weight is 363 g/mol. The fourth-order valence-electron chi connectivity index (χ4n) is 4.27. The zero-order valence-electron chi connectivity index (χ0n) is 16.8. The molecule has 1 aromatic rings. The van der Waals surface area contributed by atoms with Crippen LogP contribution in [0.1, 0.15) is 37.2 Å². The number of nitrogens with one attached hydrogen (secondary N) is 1. The number of guanidine groups is 1. The molecule has 7 nitrogen and oxygen atoms in total. The molecule has 0 bridgehead atoms. The fraction of sp³-hybridized carbons (Fsp3) is 0.789. The third kappa shape index (κ3) is 4.04. The third-order valence-corrected chi connectivity index (χ3v) is 5.69. The van der Waals surface area contributed by atoms with E-state index in [1.807, 2.05) is 18.8 Å². The van der Waals surface area contributed by atoms with Crippen LogP contribution < -0.4 is 5.32 Å². The Labute approximate surface area is 157 Å². The molecule has 0 radical (unpaired) electrons. The van der Waals surface area contributed by atoms with E-state index in [9.17, 15) is 0 Å². The summed E-state index contributed by atoms with van der Waals surface area (Å²) in [4.78, 5) is 9.51. The van der Waals surface area contributed by atoms with E-state index in [-0.39, 0.29) is 0 Å². The molecule has 26 heavy (non-hydrogen) atoms. The number of ether oxygens (including phenoxy) is 1. The zero-order chi connectivity index (χ0) is 18.5. The first-order valence-corrected chi connectivity index (χ1v) is 9.98. The van der Waals surface area contributed by atoms with Crippen LogP contribution >= 0.6 is 0 Å². The molecule has 0 amide bonds. The van der Waals surface area contributed by atoms with E-state index in [2.05, 4.69) is 39.1 Å². The highest BCUT2D eigenvalue weighted by molar-refractivity contribution is 5.80. The van der Waals surface area contributed by atoms with Crippen LogP contribution in [0.4, 0.5) is 0 Å². The Morgan fingerprint density at radius 1 is 1.23 bits per heavy atom. The second-order valence-corrected chi connectivity index (χ2v) is 7.14. The summed E-state index contributed by atoms with van der Waals surface area (Å²) in [5.41, 5.74) is 3.85. The van der Waals surface area contributed by atoms with Crippen LogP contribution in [0.2, 0.25) is 0 Å². The van der Waals surface area contributed by atoms with Crippen molar-refractivity contribution in [2.24, 2.45) is 12.0 Å². The normalized spacial score (nSPS) is 22.2. The van der Waals surface area contributed by atoms with E-state index in [0.29, 0.717) is 6.04 Å². The summed E-state index contributed by atoms with van der Waals surface area (Å²) >= 11 is 0. The van der Waals surface area contributed by atoms with Gasteiger partial charge in [-0.2, -0.15) is 5.10 Å². The molecular weight excluding hydrogens is 328 g/mol. The van der Waals surface area contributed by atoms with Crippen LogP contribution in [-0.4, -0.2) is 78.0 Å². The smallest absolute Gasteiger partial charge is 0.193 e. The summed E-state index contributed by atoms with van der Waals surface area (Å²) in [6, 6.07) is 0.619. The van der Waals surface area contributed by atoms with Crippen molar-refractivity contribution in [3.05, 3.63) is 17.0 Å². The average Bonchev–Trinajstić information content (AvgIpc) is 3.27. The Kier molecular flexibility index (Phi) is 6.53. The van der Waals surface area contributed by atoms with Gasteiger partial charge in [0.2, 0.25) is 0 Å². The Hall–Kier alpha value is -1.60. The van der Waals surface area contributed by atoms with Gasteiger partial charge < -0.3 is 15.0 Å². The Balaban J connectivity index is 1.61. The maximum Gasteiger partial charge on any atom is 0.193 e. The molecule has 0 saturated carbocycles. The van der Waals surface area contributed by atoms with Crippen molar-refractivity contribution in [1.29, 1.82) is 0 Å². The van der Waals surface area contributed by atoms with Crippen LogP contribution in [0.5, 0.6) is 0 Å². The van der Waals surface area contributed by atoms with Crippen molar-refractivity contribution in [3.8, 4) is 0 Å². The van der Waals surface area contributed by atoms with Crippen LogP contribution in [0, 0.1) is 0 Å². The molecule has 3 rings (SSSR count). The highest BCUT2D eigenvalue weighted by Gasteiger charge is 2.30. The van der Waals surface area contributed by atoms with Gasteiger partial charge in [-0.1, -0.05) is 13.8 Å². The lowest BCUT2D eigenvalue weighted by Crippen LogP contribution is -2.46. The lowest BCUT2D eigenvalue weighted by atomic mass is 10.1. The monoisotopic (exact) mass is 362 g/mol. The first kappa shape index (κ1) is 19.2. The highest BCUT2D eigenvalue weighted by atomic mass is 16.5. The molecule has 0 aliphatic carbocycles. The Bertz CT molecular complexity index is 620. The minimum atomic E-state index is 0.619. The maximum absolute atomic E-state index is 5.49. The van der Waals surface area contributed by atoms with Gasteiger partial charge in [0.25, 0.3) is 0 Å². The molecule has 1 aromatic heterocycles. The van der Waals surface area contributed by atoms with E-state index in [4.69, 9.17) is 4.74 Å². The van der Waals surface area contributed by atoms with Crippen molar-refractivity contribution in [2.45, 2.75) is 45.7 Å². The number of rotatable bonds is 5. The summed E-state index contributed by atoms with van der Waals surface area (Å²) in [6.07, 6.45) is 3.17. The predicted octanol–water partition coefficient (Wildman–Crippen LogP) is 1.03. The Morgan fingerprint density at radius 3 is 2.65 bits per heavy atom. The van der Waals surface area contributed by atoms with Gasteiger partial charge >= 0.3 is 0 Å². The fourth-order valence-corrected chi connectivity index (χ4v) is 4.27. The zero-order valence-corrected chi connectivity index (χ0v) is 16.8. The highest BCUT2D eigenvalue weighted by Crippen LogP contribution is 2.18. The number of aromatic nitrogens is 2. The van der Waals surface area contributed by atoms with E-state index < -0.39 is 0 Å².